The fraction of sp³-hybridized carbons (Fsp3) is 0.391. The summed E-state index contributed by atoms with van der Waals surface area (Å²) in [5.41, 5.74) is 3.96. The van der Waals surface area contributed by atoms with Gasteiger partial charge in [-0.25, -0.2) is 0 Å². The van der Waals surface area contributed by atoms with Gasteiger partial charge >= 0.3 is 6.01 Å². The van der Waals surface area contributed by atoms with E-state index in [4.69, 9.17) is 4.74 Å². The van der Waals surface area contributed by atoms with Crippen molar-refractivity contribution in [3.63, 3.8) is 0 Å². The molecule has 0 amide bonds. The second-order valence-electron chi connectivity index (χ2n) is 7.15. The van der Waals surface area contributed by atoms with Crippen molar-refractivity contribution in [2.24, 2.45) is 5.10 Å². The maximum Gasteiger partial charge on any atom is 0.321 e. The first-order chi connectivity index (χ1) is 15.2. The van der Waals surface area contributed by atoms with E-state index in [1.165, 1.54) is 5.39 Å². The average molecular weight is 422 g/mol. The molecule has 164 valence electrons. The van der Waals surface area contributed by atoms with Crippen LogP contribution in [0.1, 0.15) is 32.5 Å². The first-order valence-electron chi connectivity index (χ1n) is 10.8. The molecule has 8 heteroatoms. The molecule has 0 aliphatic rings. The molecule has 0 radical (unpaired) electrons. The molecular formula is C23H31N7O. The van der Waals surface area contributed by atoms with Crippen LogP contribution in [-0.4, -0.2) is 54.5 Å². The van der Waals surface area contributed by atoms with Crippen LogP contribution in [0, 0.1) is 0 Å². The molecule has 0 aliphatic carbocycles. The van der Waals surface area contributed by atoms with E-state index in [0.717, 1.165) is 37.0 Å². The van der Waals surface area contributed by atoms with Gasteiger partial charge in [0.05, 0.1) is 11.9 Å². The fourth-order valence-electron chi connectivity index (χ4n) is 3.14. The van der Waals surface area contributed by atoms with Crippen LogP contribution in [0.2, 0.25) is 0 Å². The number of nitrogens with zero attached hydrogens (tertiary/aromatic N) is 5. The highest BCUT2D eigenvalue weighted by Crippen LogP contribution is 2.19. The van der Waals surface area contributed by atoms with E-state index in [1.807, 2.05) is 25.2 Å². The van der Waals surface area contributed by atoms with Gasteiger partial charge in [0.25, 0.3) is 0 Å². The molecule has 3 rings (SSSR count). The third-order valence-electron chi connectivity index (χ3n) is 4.60. The Morgan fingerprint density at radius 1 is 1.00 bits per heavy atom. The van der Waals surface area contributed by atoms with Gasteiger partial charge < -0.3 is 15.0 Å². The van der Waals surface area contributed by atoms with E-state index < -0.39 is 0 Å². The second-order valence-corrected chi connectivity index (χ2v) is 7.15. The highest BCUT2D eigenvalue weighted by molar-refractivity contribution is 5.86. The van der Waals surface area contributed by atoms with Crippen molar-refractivity contribution >= 4 is 28.6 Å². The molecule has 8 nitrogen and oxygen atoms in total. The zero-order chi connectivity index (χ0) is 21.9. The van der Waals surface area contributed by atoms with Gasteiger partial charge in [-0.05, 0) is 42.8 Å². The Morgan fingerprint density at radius 3 is 2.52 bits per heavy atom. The number of hydrogen-bond acceptors (Lipinski definition) is 8. The zero-order valence-electron chi connectivity index (χ0n) is 18.5. The summed E-state index contributed by atoms with van der Waals surface area (Å²) in [5.74, 6) is 1.07. The summed E-state index contributed by atoms with van der Waals surface area (Å²) in [6.45, 7) is 7.22. The highest BCUT2D eigenvalue weighted by Gasteiger charge is 2.13. The Morgan fingerprint density at radius 2 is 1.77 bits per heavy atom. The second kappa shape index (κ2) is 11.8. The average Bonchev–Trinajstić information content (AvgIpc) is 2.79. The monoisotopic (exact) mass is 421 g/mol. The Kier molecular flexibility index (Phi) is 8.54. The third-order valence-corrected chi connectivity index (χ3v) is 4.60. The van der Waals surface area contributed by atoms with Gasteiger partial charge in [0.2, 0.25) is 5.95 Å². The molecule has 0 spiro atoms. The smallest absolute Gasteiger partial charge is 0.321 e. The molecule has 31 heavy (non-hydrogen) atoms. The van der Waals surface area contributed by atoms with Crippen molar-refractivity contribution in [3.05, 3.63) is 48.3 Å². The van der Waals surface area contributed by atoms with Crippen LogP contribution in [-0.2, 0) is 0 Å². The topological polar surface area (TPSA) is 87.6 Å². The van der Waals surface area contributed by atoms with E-state index in [1.54, 1.807) is 6.21 Å². The molecule has 2 N–H and O–H groups in total. The molecule has 0 atom stereocenters. The quantitative estimate of drug-likeness (QED) is 0.262. The summed E-state index contributed by atoms with van der Waals surface area (Å²) in [6, 6.07) is 14.6. The molecule has 0 unspecified atom stereocenters. The van der Waals surface area contributed by atoms with Crippen molar-refractivity contribution in [1.82, 2.24) is 20.3 Å². The van der Waals surface area contributed by atoms with Crippen LogP contribution in [0.25, 0.3) is 10.8 Å². The predicted molar refractivity (Wildman–Crippen MR) is 127 cm³/mol. The van der Waals surface area contributed by atoms with E-state index in [2.05, 4.69) is 73.8 Å². The first kappa shape index (κ1) is 22.4. The minimum absolute atomic E-state index is 0.310. The van der Waals surface area contributed by atoms with E-state index in [0.29, 0.717) is 30.9 Å². The molecule has 3 aromatic rings. The number of hydrogen-bond donors (Lipinski definition) is 2. The van der Waals surface area contributed by atoms with Gasteiger partial charge in [-0.3, -0.25) is 5.43 Å². The Hall–Kier alpha value is -3.26. The summed E-state index contributed by atoms with van der Waals surface area (Å²) in [4.78, 5) is 15.7. The van der Waals surface area contributed by atoms with Gasteiger partial charge in [-0.2, -0.15) is 20.1 Å². The number of anilines is 2. The van der Waals surface area contributed by atoms with Gasteiger partial charge in [0.15, 0.2) is 5.82 Å². The van der Waals surface area contributed by atoms with E-state index in [-0.39, 0.29) is 0 Å². The molecule has 0 saturated carbocycles. The SMILES string of the molecule is CCCN(CCC)c1nc(/C=N/Nc2ccc3ccccc3c2)nc(OCCNC)n1. The number of nitrogens with one attached hydrogen (secondary N) is 2. The highest BCUT2D eigenvalue weighted by atomic mass is 16.5. The molecule has 2 aromatic carbocycles. The summed E-state index contributed by atoms with van der Waals surface area (Å²) in [5, 5.41) is 9.73. The van der Waals surface area contributed by atoms with Crippen LogP contribution in [0.15, 0.2) is 47.6 Å². The van der Waals surface area contributed by atoms with Crippen molar-refractivity contribution in [1.29, 1.82) is 0 Å². The van der Waals surface area contributed by atoms with Crippen molar-refractivity contribution in [2.75, 3.05) is 43.6 Å². The number of benzene rings is 2. The van der Waals surface area contributed by atoms with Gasteiger partial charge in [-0.1, -0.05) is 44.2 Å². The molecule has 0 aliphatic heterocycles. The molecule has 1 heterocycles. The number of rotatable bonds is 12. The Balaban J connectivity index is 1.79. The number of ether oxygens (including phenoxy) is 1. The van der Waals surface area contributed by atoms with Crippen LogP contribution >= 0.6 is 0 Å². The number of hydrazone groups is 1. The minimum Gasteiger partial charge on any atom is -0.462 e. The lowest BCUT2D eigenvalue weighted by atomic mass is 10.1. The third kappa shape index (κ3) is 6.62. The number of likely N-dealkylation sites (N-methyl/N-ethyl adjacent to an activating group) is 1. The van der Waals surface area contributed by atoms with Crippen LogP contribution < -0.4 is 20.4 Å². The lowest BCUT2D eigenvalue weighted by molar-refractivity contribution is 0.292. The number of aromatic nitrogens is 3. The molecule has 0 fully saturated rings. The van der Waals surface area contributed by atoms with Crippen molar-refractivity contribution in [2.45, 2.75) is 26.7 Å². The maximum absolute atomic E-state index is 5.71. The zero-order valence-corrected chi connectivity index (χ0v) is 18.5. The molecule has 0 bridgehead atoms. The van der Waals surface area contributed by atoms with E-state index in [9.17, 15) is 0 Å². The van der Waals surface area contributed by atoms with Crippen molar-refractivity contribution in [3.8, 4) is 6.01 Å². The molecule has 1 aromatic heterocycles. The van der Waals surface area contributed by atoms with Gasteiger partial charge in [-0.15, -0.1) is 0 Å². The Labute approximate surface area is 183 Å². The largest absolute Gasteiger partial charge is 0.462 e. The normalized spacial score (nSPS) is 11.2. The first-order valence-corrected chi connectivity index (χ1v) is 10.8. The summed E-state index contributed by atoms with van der Waals surface area (Å²) < 4.78 is 5.71. The van der Waals surface area contributed by atoms with Crippen LogP contribution in [0.5, 0.6) is 6.01 Å². The van der Waals surface area contributed by atoms with Gasteiger partial charge in [0.1, 0.15) is 6.61 Å². The van der Waals surface area contributed by atoms with E-state index >= 15 is 0 Å². The Bertz CT molecular complexity index is 987. The van der Waals surface area contributed by atoms with Crippen LogP contribution in [0.4, 0.5) is 11.6 Å². The summed E-state index contributed by atoms with van der Waals surface area (Å²) in [7, 11) is 1.88. The molecular weight excluding hydrogens is 390 g/mol. The summed E-state index contributed by atoms with van der Waals surface area (Å²) in [6.07, 6.45) is 3.62. The lowest BCUT2D eigenvalue weighted by Gasteiger charge is -2.21. The van der Waals surface area contributed by atoms with Gasteiger partial charge in [0, 0.05) is 19.6 Å². The predicted octanol–water partition coefficient (Wildman–Crippen LogP) is 3.70. The minimum atomic E-state index is 0.310. The number of fused-ring (bicyclic) bond motifs is 1. The maximum atomic E-state index is 5.71. The van der Waals surface area contributed by atoms with Crippen LogP contribution in [0.3, 0.4) is 0 Å². The van der Waals surface area contributed by atoms with Crippen molar-refractivity contribution < 1.29 is 4.74 Å². The fourth-order valence-corrected chi connectivity index (χ4v) is 3.14. The molecule has 0 saturated heterocycles. The standard InChI is InChI=1S/C23H31N7O/c1-4-13-30(14-5-2)22-26-21(27-23(28-22)31-15-12-24-3)17-25-29-20-11-10-18-8-6-7-9-19(18)16-20/h6-11,16-17,24,29H,4-5,12-15H2,1-3H3/b25-17+. The lowest BCUT2D eigenvalue weighted by Crippen LogP contribution is -2.28. The summed E-state index contributed by atoms with van der Waals surface area (Å²) >= 11 is 0.